The zero-order chi connectivity index (χ0) is 13.2. The van der Waals surface area contributed by atoms with Crippen LogP contribution in [-0.4, -0.2) is 25.8 Å². The monoisotopic (exact) mass is 287 g/mol. The van der Waals surface area contributed by atoms with Crippen molar-refractivity contribution in [1.29, 1.82) is 0 Å². The van der Waals surface area contributed by atoms with Gasteiger partial charge in [-0.25, -0.2) is 8.42 Å². The fourth-order valence-corrected chi connectivity index (χ4v) is 4.04. The molecule has 2 rings (SSSR count). The maximum Gasteiger partial charge on any atom is 0.244 e. The molecule has 0 unspecified atom stereocenters. The molecule has 1 aromatic carbocycles. The predicted molar refractivity (Wildman–Crippen MR) is 73.2 cm³/mol. The van der Waals surface area contributed by atoms with Crippen LogP contribution in [0.5, 0.6) is 0 Å². The van der Waals surface area contributed by atoms with Crippen LogP contribution in [0.4, 0.5) is 0 Å². The lowest BCUT2D eigenvalue weighted by molar-refractivity contribution is 0.395. The van der Waals surface area contributed by atoms with E-state index in [0.717, 1.165) is 19.3 Å². The summed E-state index contributed by atoms with van der Waals surface area (Å²) in [5.74, 6) is 0.536. The van der Waals surface area contributed by atoms with Crippen LogP contribution in [0.25, 0.3) is 0 Å². The molecule has 1 aliphatic rings. The van der Waals surface area contributed by atoms with Gasteiger partial charge in [0.15, 0.2) is 0 Å². The van der Waals surface area contributed by atoms with Crippen molar-refractivity contribution in [3.63, 3.8) is 0 Å². The molecule has 18 heavy (non-hydrogen) atoms. The highest BCUT2D eigenvalue weighted by atomic mass is 35.5. The Kier molecular flexibility index (Phi) is 4.30. The van der Waals surface area contributed by atoms with E-state index < -0.39 is 10.0 Å². The molecule has 5 heteroatoms. The van der Waals surface area contributed by atoms with Gasteiger partial charge in [0, 0.05) is 13.1 Å². The Labute approximate surface area is 114 Å². The largest absolute Gasteiger partial charge is 0.244 e. The third kappa shape index (κ3) is 3.05. The van der Waals surface area contributed by atoms with Crippen molar-refractivity contribution in [1.82, 2.24) is 4.31 Å². The molecule has 1 aromatic rings. The topological polar surface area (TPSA) is 37.4 Å². The standard InChI is InChI=1S/C13H18ClNO2S/c1-2-9-15(10-11-7-8-11)18(16,17)13-6-4-3-5-12(13)14/h3-6,11H,2,7-10H2,1H3. The van der Waals surface area contributed by atoms with Crippen molar-refractivity contribution in [2.24, 2.45) is 5.92 Å². The van der Waals surface area contributed by atoms with E-state index in [1.54, 1.807) is 28.6 Å². The van der Waals surface area contributed by atoms with Crippen LogP contribution in [0.1, 0.15) is 26.2 Å². The fourth-order valence-electron chi connectivity index (χ4n) is 1.94. The molecule has 0 N–H and O–H groups in total. The van der Waals surface area contributed by atoms with Gasteiger partial charge in [0.05, 0.1) is 5.02 Å². The third-order valence-electron chi connectivity index (χ3n) is 3.09. The zero-order valence-corrected chi connectivity index (χ0v) is 12.0. The minimum atomic E-state index is -3.45. The summed E-state index contributed by atoms with van der Waals surface area (Å²) in [5.41, 5.74) is 0. The summed E-state index contributed by atoms with van der Waals surface area (Å²) in [5, 5.41) is 0.300. The fraction of sp³-hybridized carbons (Fsp3) is 0.538. The smallest absolute Gasteiger partial charge is 0.207 e. The lowest BCUT2D eigenvalue weighted by Crippen LogP contribution is -2.33. The van der Waals surface area contributed by atoms with Gasteiger partial charge in [-0.3, -0.25) is 0 Å². The van der Waals surface area contributed by atoms with Crippen LogP contribution in [0.2, 0.25) is 5.02 Å². The van der Waals surface area contributed by atoms with Gasteiger partial charge in [0.25, 0.3) is 0 Å². The van der Waals surface area contributed by atoms with Gasteiger partial charge in [0.2, 0.25) is 10.0 Å². The highest BCUT2D eigenvalue weighted by Crippen LogP contribution is 2.32. The van der Waals surface area contributed by atoms with E-state index in [0.29, 0.717) is 24.0 Å². The van der Waals surface area contributed by atoms with E-state index in [-0.39, 0.29) is 4.90 Å². The molecule has 100 valence electrons. The number of halogens is 1. The van der Waals surface area contributed by atoms with Crippen molar-refractivity contribution in [3.8, 4) is 0 Å². The summed E-state index contributed by atoms with van der Waals surface area (Å²) in [7, 11) is -3.45. The molecule has 0 heterocycles. The molecular weight excluding hydrogens is 270 g/mol. The number of sulfonamides is 1. The normalized spacial score (nSPS) is 16.2. The highest BCUT2D eigenvalue weighted by molar-refractivity contribution is 7.89. The Morgan fingerprint density at radius 3 is 2.56 bits per heavy atom. The van der Waals surface area contributed by atoms with E-state index >= 15 is 0 Å². The van der Waals surface area contributed by atoms with E-state index in [9.17, 15) is 8.42 Å². The van der Waals surface area contributed by atoms with Gasteiger partial charge < -0.3 is 0 Å². The first-order chi connectivity index (χ1) is 8.55. The molecule has 0 aliphatic heterocycles. The Morgan fingerprint density at radius 2 is 2.00 bits per heavy atom. The van der Waals surface area contributed by atoms with Gasteiger partial charge in [-0.2, -0.15) is 4.31 Å². The molecule has 0 radical (unpaired) electrons. The molecule has 0 saturated heterocycles. The number of hydrogen-bond acceptors (Lipinski definition) is 2. The van der Waals surface area contributed by atoms with Crippen LogP contribution in [0.3, 0.4) is 0 Å². The van der Waals surface area contributed by atoms with Crippen LogP contribution in [0, 0.1) is 5.92 Å². The molecule has 1 aliphatic carbocycles. The Morgan fingerprint density at radius 1 is 1.33 bits per heavy atom. The second kappa shape index (κ2) is 5.59. The Hall–Kier alpha value is -0.580. The second-order valence-corrected chi connectivity index (χ2v) is 7.05. The third-order valence-corrected chi connectivity index (χ3v) is 5.45. The molecule has 0 atom stereocenters. The molecule has 3 nitrogen and oxygen atoms in total. The van der Waals surface area contributed by atoms with Crippen molar-refractivity contribution < 1.29 is 8.42 Å². The van der Waals surface area contributed by atoms with Crippen LogP contribution in [-0.2, 0) is 10.0 Å². The average Bonchev–Trinajstić information content (AvgIpc) is 3.13. The summed E-state index contributed by atoms with van der Waals surface area (Å²) in [4.78, 5) is 0.223. The highest BCUT2D eigenvalue weighted by Gasteiger charge is 2.32. The van der Waals surface area contributed by atoms with Gasteiger partial charge >= 0.3 is 0 Å². The van der Waals surface area contributed by atoms with E-state index in [1.165, 1.54) is 0 Å². The molecule has 0 spiro atoms. The van der Waals surface area contributed by atoms with Gasteiger partial charge in [-0.15, -0.1) is 0 Å². The minimum Gasteiger partial charge on any atom is -0.207 e. The van der Waals surface area contributed by atoms with E-state index in [1.807, 2.05) is 6.92 Å². The first-order valence-electron chi connectivity index (χ1n) is 6.30. The van der Waals surface area contributed by atoms with Gasteiger partial charge in [-0.1, -0.05) is 30.7 Å². The molecule has 0 bridgehead atoms. The lowest BCUT2D eigenvalue weighted by Gasteiger charge is -2.22. The summed E-state index contributed by atoms with van der Waals surface area (Å²) < 4.78 is 26.7. The Bertz CT molecular complexity index is 511. The number of hydrogen-bond donors (Lipinski definition) is 0. The Balaban J connectivity index is 2.28. The van der Waals surface area contributed by atoms with Crippen molar-refractivity contribution in [3.05, 3.63) is 29.3 Å². The first-order valence-corrected chi connectivity index (χ1v) is 8.12. The summed E-state index contributed by atoms with van der Waals surface area (Å²) in [6, 6.07) is 6.65. The molecule has 0 aromatic heterocycles. The van der Waals surface area contributed by atoms with E-state index in [2.05, 4.69) is 0 Å². The average molecular weight is 288 g/mol. The second-order valence-electron chi connectivity index (χ2n) is 4.74. The maximum absolute atomic E-state index is 12.5. The maximum atomic E-state index is 12.5. The number of benzene rings is 1. The van der Waals surface area contributed by atoms with Crippen LogP contribution in [0.15, 0.2) is 29.2 Å². The molecule has 1 saturated carbocycles. The summed E-state index contributed by atoms with van der Waals surface area (Å²) >= 11 is 6.00. The van der Waals surface area contributed by atoms with E-state index in [4.69, 9.17) is 11.6 Å². The van der Waals surface area contributed by atoms with Gasteiger partial charge in [0.1, 0.15) is 4.90 Å². The molecule has 1 fully saturated rings. The number of nitrogens with zero attached hydrogens (tertiary/aromatic N) is 1. The molecule has 0 amide bonds. The van der Waals surface area contributed by atoms with Crippen molar-refractivity contribution >= 4 is 21.6 Å². The predicted octanol–water partition coefficient (Wildman–Crippen LogP) is 3.15. The first kappa shape index (κ1) is 13.8. The summed E-state index contributed by atoms with van der Waals surface area (Å²) in [6.45, 7) is 3.17. The lowest BCUT2D eigenvalue weighted by atomic mass is 10.4. The van der Waals surface area contributed by atoms with Crippen LogP contribution < -0.4 is 0 Å². The SMILES string of the molecule is CCCN(CC1CC1)S(=O)(=O)c1ccccc1Cl. The minimum absolute atomic E-state index is 0.223. The number of rotatable bonds is 6. The zero-order valence-electron chi connectivity index (χ0n) is 10.5. The van der Waals surface area contributed by atoms with Crippen molar-refractivity contribution in [2.45, 2.75) is 31.1 Å². The van der Waals surface area contributed by atoms with Crippen molar-refractivity contribution in [2.75, 3.05) is 13.1 Å². The van der Waals surface area contributed by atoms with Gasteiger partial charge in [-0.05, 0) is 37.3 Å². The summed E-state index contributed by atoms with van der Waals surface area (Å²) in [6.07, 6.45) is 3.09. The quantitative estimate of drug-likeness (QED) is 0.806. The molecular formula is C13H18ClNO2S. The van der Waals surface area contributed by atoms with Crippen LogP contribution >= 0.6 is 11.6 Å².